The SMILES string of the molecule is COc1cc(CC(=O)NC(CCc2ccc(C)c(C)c2)OC(=O)C(C)(C)C)ccc1OCCN=[N+]=[N-]. The lowest BCUT2D eigenvalue weighted by Crippen LogP contribution is -2.41. The van der Waals surface area contributed by atoms with E-state index in [9.17, 15) is 9.59 Å². The molecule has 0 aromatic heterocycles. The lowest BCUT2D eigenvalue weighted by Gasteiger charge is -2.24. The van der Waals surface area contributed by atoms with Gasteiger partial charge in [0.05, 0.1) is 32.1 Å². The Labute approximate surface area is 212 Å². The van der Waals surface area contributed by atoms with Crippen LogP contribution in [0.25, 0.3) is 10.4 Å². The summed E-state index contributed by atoms with van der Waals surface area (Å²) in [6, 6.07) is 11.4. The molecule has 9 nitrogen and oxygen atoms in total. The number of benzene rings is 2. The third-order valence-electron chi connectivity index (χ3n) is 5.55. The summed E-state index contributed by atoms with van der Waals surface area (Å²) in [7, 11) is 1.51. The van der Waals surface area contributed by atoms with Gasteiger partial charge in [0, 0.05) is 11.3 Å². The maximum Gasteiger partial charge on any atom is 0.313 e. The standard InChI is InChI=1S/C27H36N4O5/c1-18-7-8-20(15-19(18)2)10-12-25(36-26(33)27(3,4)5)30-24(32)17-21-9-11-22(23(16-21)34-6)35-14-13-29-31-28/h7-9,11,15-16,25H,10,12-14,17H2,1-6H3,(H,30,32). The summed E-state index contributed by atoms with van der Waals surface area (Å²) in [5.74, 6) is 0.296. The van der Waals surface area contributed by atoms with Gasteiger partial charge < -0.3 is 19.5 Å². The first-order valence-corrected chi connectivity index (χ1v) is 11.9. The van der Waals surface area contributed by atoms with E-state index in [-0.39, 0.29) is 31.4 Å². The second-order valence-electron chi connectivity index (χ2n) is 9.63. The highest BCUT2D eigenvalue weighted by molar-refractivity contribution is 5.80. The predicted molar refractivity (Wildman–Crippen MR) is 138 cm³/mol. The van der Waals surface area contributed by atoms with Crippen molar-refractivity contribution in [3.8, 4) is 11.5 Å². The Morgan fingerprint density at radius 1 is 1.06 bits per heavy atom. The van der Waals surface area contributed by atoms with Crippen molar-refractivity contribution in [2.45, 2.75) is 60.1 Å². The zero-order chi connectivity index (χ0) is 26.7. The number of aryl methyl sites for hydroxylation is 3. The molecule has 194 valence electrons. The second kappa shape index (κ2) is 13.4. The van der Waals surface area contributed by atoms with Crippen LogP contribution in [0.3, 0.4) is 0 Å². The molecule has 1 N–H and O–H groups in total. The first-order chi connectivity index (χ1) is 17.0. The molecule has 0 radical (unpaired) electrons. The maximum atomic E-state index is 12.9. The van der Waals surface area contributed by atoms with Gasteiger partial charge in [-0.05, 0) is 81.0 Å². The van der Waals surface area contributed by atoms with Crippen molar-refractivity contribution in [2.75, 3.05) is 20.3 Å². The number of nitrogens with zero attached hydrogens (tertiary/aromatic N) is 3. The molecule has 0 saturated heterocycles. The molecule has 1 atom stereocenters. The molecule has 2 rings (SSSR count). The number of amides is 1. The fraction of sp³-hybridized carbons (Fsp3) is 0.481. The number of carbonyl (C=O) groups is 2. The molecule has 2 aromatic rings. The minimum atomic E-state index is -0.754. The molecule has 0 aliphatic rings. The summed E-state index contributed by atoms with van der Waals surface area (Å²) in [4.78, 5) is 28.1. The topological polar surface area (TPSA) is 123 Å². The van der Waals surface area contributed by atoms with E-state index in [1.54, 1.807) is 39.0 Å². The highest BCUT2D eigenvalue weighted by atomic mass is 16.6. The molecule has 36 heavy (non-hydrogen) atoms. The van der Waals surface area contributed by atoms with Crippen molar-refractivity contribution in [3.05, 3.63) is 69.1 Å². The van der Waals surface area contributed by atoms with E-state index in [0.29, 0.717) is 29.9 Å². The van der Waals surface area contributed by atoms with E-state index in [1.165, 1.54) is 18.2 Å². The highest BCUT2D eigenvalue weighted by Gasteiger charge is 2.27. The van der Waals surface area contributed by atoms with Crippen molar-refractivity contribution >= 4 is 11.9 Å². The number of nitrogens with one attached hydrogen (secondary N) is 1. The number of methoxy groups -OCH3 is 1. The van der Waals surface area contributed by atoms with Crippen LogP contribution in [-0.4, -0.2) is 38.4 Å². The second-order valence-corrected chi connectivity index (χ2v) is 9.63. The van der Waals surface area contributed by atoms with E-state index < -0.39 is 11.6 Å². The highest BCUT2D eigenvalue weighted by Crippen LogP contribution is 2.28. The quantitative estimate of drug-likeness (QED) is 0.108. The van der Waals surface area contributed by atoms with Gasteiger partial charge in [0.1, 0.15) is 0 Å². The van der Waals surface area contributed by atoms with Gasteiger partial charge in [0.25, 0.3) is 0 Å². The van der Waals surface area contributed by atoms with Gasteiger partial charge in [-0.1, -0.05) is 29.4 Å². The van der Waals surface area contributed by atoms with E-state index in [1.807, 2.05) is 0 Å². The van der Waals surface area contributed by atoms with Gasteiger partial charge in [-0.3, -0.25) is 9.59 Å². The van der Waals surface area contributed by atoms with Crippen LogP contribution in [0, 0.1) is 19.3 Å². The zero-order valence-electron chi connectivity index (χ0n) is 22.0. The summed E-state index contributed by atoms with van der Waals surface area (Å²) in [5, 5.41) is 6.30. The van der Waals surface area contributed by atoms with Crippen molar-refractivity contribution < 1.29 is 23.8 Å². The Morgan fingerprint density at radius 2 is 1.78 bits per heavy atom. The molecular formula is C27H36N4O5. The predicted octanol–water partition coefficient (Wildman–Crippen LogP) is 5.21. The molecule has 0 fully saturated rings. The molecule has 0 aliphatic heterocycles. The van der Waals surface area contributed by atoms with Crippen LogP contribution < -0.4 is 14.8 Å². The minimum absolute atomic E-state index is 0.0720. The number of carbonyl (C=O) groups excluding carboxylic acids is 2. The minimum Gasteiger partial charge on any atom is -0.493 e. The van der Waals surface area contributed by atoms with E-state index >= 15 is 0 Å². The maximum absolute atomic E-state index is 12.9. The van der Waals surface area contributed by atoms with Gasteiger partial charge >= 0.3 is 5.97 Å². The van der Waals surface area contributed by atoms with Gasteiger partial charge in [-0.25, -0.2) is 0 Å². The average Bonchev–Trinajstić information content (AvgIpc) is 2.82. The van der Waals surface area contributed by atoms with E-state index in [0.717, 1.165) is 5.56 Å². The Bertz CT molecular complexity index is 1100. The summed E-state index contributed by atoms with van der Waals surface area (Å²) < 4.78 is 16.6. The summed E-state index contributed by atoms with van der Waals surface area (Å²) in [6.45, 7) is 9.86. The first-order valence-electron chi connectivity index (χ1n) is 11.9. The molecule has 0 bridgehead atoms. The molecule has 0 spiro atoms. The molecule has 9 heteroatoms. The van der Waals surface area contributed by atoms with Crippen LogP contribution in [0.15, 0.2) is 41.5 Å². The number of ether oxygens (including phenoxy) is 3. The number of azide groups is 1. The molecule has 1 amide bonds. The summed E-state index contributed by atoms with van der Waals surface area (Å²) in [6.07, 6.45) is 0.426. The van der Waals surface area contributed by atoms with E-state index in [2.05, 4.69) is 47.4 Å². The molecule has 0 saturated carbocycles. The summed E-state index contributed by atoms with van der Waals surface area (Å²) >= 11 is 0. The lowest BCUT2D eigenvalue weighted by molar-refractivity contribution is -0.161. The van der Waals surface area contributed by atoms with Crippen molar-refractivity contribution in [2.24, 2.45) is 10.5 Å². The van der Waals surface area contributed by atoms with Crippen LogP contribution in [-0.2, 0) is 27.2 Å². The molecular weight excluding hydrogens is 460 g/mol. The fourth-order valence-electron chi connectivity index (χ4n) is 3.32. The van der Waals surface area contributed by atoms with Gasteiger partial charge in [-0.15, -0.1) is 0 Å². The fourth-order valence-corrected chi connectivity index (χ4v) is 3.32. The third kappa shape index (κ3) is 9.15. The number of hydrogen-bond donors (Lipinski definition) is 1. The first kappa shape index (κ1) is 28.5. The average molecular weight is 497 g/mol. The van der Waals surface area contributed by atoms with Gasteiger partial charge in [0.15, 0.2) is 17.7 Å². The molecule has 0 heterocycles. The van der Waals surface area contributed by atoms with Crippen LogP contribution in [0.4, 0.5) is 0 Å². The Balaban J connectivity index is 2.07. The Hall–Kier alpha value is -3.71. The molecule has 0 aliphatic carbocycles. The van der Waals surface area contributed by atoms with Gasteiger partial charge in [-0.2, -0.15) is 0 Å². The van der Waals surface area contributed by atoms with Crippen LogP contribution in [0.5, 0.6) is 11.5 Å². The third-order valence-corrected chi connectivity index (χ3v) is 5.55. The van der Waals surface area contributed by atoms with Crippen LogP contribution >= 0.6 is 0 Å². The normalized spacial score (nSPS) is 11.7. The molecule has 2 aromatic carbocycles. The van der Waals surface area contributed by atoms with Crippen molar-refractivity contribution in [1.82, 2.24) is 5.32 Å². The smallest absolute Gasteiger partial charge is 0.313 e. The van der Waals surface area contributed by atoms with E-state index in [4.69, 9.17) is 19.7 Å². The zero-order valence-corrected chi connectivity index (χ0v) is 22.0. The monoisotopic (exact) mass is 496 g/mol. The number of rotatable bonds is 12. The molecule has 1 unspecified atom stereocenters. The summed E-state index contributed by atoms with van der Waals surface area (Å²) in [5.41, 5.74) is 11.9. The van der Waals surface area contributed by atoms with Crippen molar-refractivity contribution in [3.63, 3.8) is 0 Å². The largest absolute Gasteiger partial charge is 0.493 e. The van der Waals surface area contributed by atoms with Gasteiger partial charge in [0.2, 0.25) is 5.91 Å². The number of hydrogen-bond acceptors (Lipinski definition) is 6. The van der Waals surface area contributed by atoms with Crippen molar-refractivity contribution in [1.29, 1.82) is 0 Å². The van der Waals surface area contributed by atoms with Crippen LogP contribution in [0.1, 0.15) is 49.4 Å². The lowest BCUT2D eigenvalue weighted by atomic mass is 9.97. The Kier molecular flexibility index (Phi) is 10.6. The number of esters is 1. The Morgan fingerprint density at radius 3 is 2.42 bits per heavy atom. The van der Waals surface area contributed by atoms with Crippen LogP contribution in [0.2, 0.25) is 0 Å².